The third kappa shape index (κ3) is 3.44. The highest BCUT2D eigenvalue weighted by molar-refractivity contribution is 5.95. The Bertz CT molecular complexity index is 570. The molecule has 0 aliphatic carbocycles. The van der Waals surface area contributed by atoms with Crippen LogP contribution in [0.15, 0.2) is 54.6 Å². The number of carbonyl (C=O) groups is 1. The van der Waals surface area contributed by atoms with Gasteiger partial charge in [0.05, 0.1) is 0 Å². The second-order valence-corrected chi connectivity index (χ2v) is 4.49. The Morgan fingerprint density at radius 1 is 1.10 bits per heavy atom. The van der Waals surface area contributed by atoms with Crippen LogP contribution in [-0.4, -0.2) is 18.1 Å². The van der Waals surface area contributed by atoms with Gasteiger partial charge in [0.15, 0.2) is 6.10 Å². The van der Waals surface area contributed by atoms with E-state index in [2.05, 4.69) is 10.6 Å². The normalized spacial score (nSPS) is 11.9. The summed E-state index contributed by atoms with van der Waals surface area (Å²) in [5.41, 5.74) is 2.27. The van der Waals surface area contributed by atoms with Crippen molar-refractivity contribution in [3.63, 3.8) is 0 Å². The molecule has 1 unspecified atom stereocenters. The predicted octanol–water partition coefficient (Wildman–Crippen LogP) is 2.08. The monoisotopic (exact) mass is 270 g/mol. The fourth-order valence-electron chi connectivity index (χ4n) is 1.97. The summed E-state index contributed by atoms with van der Waals surface area (Å²) in [5, 5.41) is 15.9. The maximum atomic E-state index is 12.1. The zero-order valence-corrected chi connectivity index (χ0v) is 11.3. The quantitative estimate of drug-likeness (QED) is 0.779. The van der Waals surface area contributed by atoms with E-state index in [1.807, 2.05) is 37.4 Å². The Labute approximate surface area is 118 Å². The summed E-state index contributed by atoms with van der Waals surface area (Å²) in [6, 6.07) is 16.4. The Balaban J connectivity index is 2.12. The Morgan fingerprint density at radius 3 is 2.45 bits per heavy atom. The molecule has 0 bridgehead atoms. The minimum atomic E-state index is -1.17. The van der Waals surface area contributed by atoms with Crippen LogP contribution in [0.4, 0.5) is 5.69 Å². The second kappa shape index (κ2) is 6.84. The number of amides is 1. The lowest BCUT2D eigenvalue weighted by Gasteiger charge is -2.14. The van der Waals surface area contributed by atoms with Crippen molar-refractivity contribution in [1.29, 1.82) is 0 Å². The highest BCUT2D eigenvalue weighted by Gasteiger charge is 2.17. The van der Waals surface area contributed by atoms with Crippen LogP contribution < -0.4 is 10.6 Å². The number of aliphatic hydroxyl groups excluding tert-OH is 1. The molecule has 0 fully saturated rings. The summed E-state index contributed by atoms with van der Waals surface area (Å²) < 4.78 is 0. The van der Waals surface area contributed by atoms with Crippen molar-refractivity contribution in [2.75, 3.05) is 12.4 Å². The smallest absolute Gasteiger partial charge is 0.257 e. The lowest BCUT2D eigenvalue weighted by atomic mass is 10.1. The van der Waals surface area contributed by atoms with Gasteiger partial charge < -0.3 is 15.7 Å². The summed E-state index contributed by atoms with van der Waals surface area (Å²) in [5.74, 6) is -0.431. The number of nitrogens with one attached hydrogen (secondary N) is 2. The standard InChI is InChI=1S/C16H18N2O2/c1-17-11-13-9-5-6-10-14(13)18-16(20)15(19)12-7-3-2-4-8-12/h2-10,15,17,19H,11H2,1H3,(H,18,20). The molecule has 0 saturated heterocycles. The van der Waals surface area contributed by atoms with E-state index in [0.717, 1.165) is 5.56 Å². The molecule has 0 radical (unpaired) electrons. The van der Waals surface area contributed by atoms with E-state index in [0.29, 0.717) is 17.8 Å². The molecule has 4 nitrogen and oxygen atoms in total. The molecule has 2 aromatic carbocycles. The molecule has 0 aliphatic rings. The zero-order chi connectivity index (χ0) is 14.4. The van der Waals surface area contributed by atoms with E-state index < -0.39 is 12.0 Å². The molecule has 1 amide bonds. The van der Waals surface area contributed by atoms with Crippen molar-refractivity contribution in [3.05, 3.63) is 65.7 Å². The molecule has 4 heteroatoms. The number of benzene rings is 2. The first-order chi connectivity index (χ1) is 9.72. The van der Waals surface area contributed by atoms with Gasteiger partial charge in [0.1, 0.15) is 0 Å². The zero-order valence-electron chi connectivity index (χ0n) is 11.3. The fraction of sp³-hybridized carbons (Fsp3) is 0.188. The van der Waals surface area contributed by atoms with Gasteiger partial charge in [-0.05, 0) is 24.2 Å². The van der Waals surface area contributed by atoms with Gasteiger partial charge in [-0.2, -0.15) is 0 Å². The number of anilines is 1. The SMILES string of the molecule is CNCc1ccccc1NC(=O)C(O)c1ccccc1. The molecule has 0 aromatic heterocycles. The van der Waals surface area contributed by atoms with Gasteiger partial charge >= 0.3 is 0 Å². The van der Waals surface area contributed by atoms with Crippen LogP contribution in [0.3, 0.4) is 0 Å². The number of hydrogen-bond acceptors (Lipinski definition) is 3. The maximum absolute atomic E-state index is 12.1. The van der Waals surface area contributed by atoms with E-state index in [9.17, 15) is 9.90 Å². The number of aliphatic hydroxyl groups is 1. The molecule has 3 N–H and O–H groups in total. The average molecular weight is 270 g/mol. The first-order valence-electron chi connectivity index (χ1n) is 6.48. The molecule has 0 spiro atoms. The first kappa shape index (κ1) is 14.2. The topological polar surface area (TPSA) is 61.4 Å². The number of hydrogen-bond donors (Lipinski definition) is 3. The summed E-state index contributed by atoms with van der Waals surface area (Å²) in [4.78, 5) is 12.1. The summed E-state index contributed by atoms with van der Waals surface area (Å²) in [6.45, 7) is 0.651. The molecule has 2 aromatic rings. The van der Waals surface area contributed by atoms with Crippen molar-refractivity contribution in [3.8, 4) is 0 Å². The van der Waals surface area contributed by atoms with Gasteiger partial charge in [0.2, 0.25) is 0 Å². The highest BCUT2D eigenvalue weighted by Crippen LogP contribution is 2.18. The van der Waals surface area contributed by atoms with Crippen molar-refractivity contribution >= 4 is 11.6 Å². The minimum Gasteiger partial charge on any atom is -0.378 e. The van der Waals surface area contributed by atoms with Crippen LogP contribution in [-0.2, 0) is 11.3 Å². The number of rotatable bonds is 5. The van der Waals surface area contributed by atoms with E-state index in [4.69, 9.17) is 0 Å². The Hall–Kier alpha value is -2.17. The first-order valence-corrected chi connectivity index (χ1v) is 6.48. The number of carbonyl (C=O) groups excluding carboxylic acids is 1. The third-order valence-corrected chi connectivity index (χ3v) is 3.01. The van der Waals surface area contributed by atoms with Gasteiger partial charge in [-0.1, -0.05) is 48.5 Å². The van der Waals surface area contributed by atoms with Crippen LogP contribution in [0, 0.1) is 0 Å². The number of para-hydroxylation sites is 1. The summed E-state index contributed by atoms with van der Waals surface area (Å²) >= 11 is 0. The lowest BCUT2D eigenvalue weighted by molar-refractivity contribution is -0.124. The molecule has 0 heterocycles. The molecule has 20 heavy (non-hydrogen) atoms. The summed E-state index contributed by atoms with van der Waals surface area (Å²) in [6.07, 6.45) is -1.17. The molecule has 0 aliphatic heterocycles. The molecule has 104 valence electrons. The summed E-state index contributed by atoms with van der Waals surface area (Å²) in [7, 11) is 1.84. The van der Waals surface area contributed by atoms with Crippen LogP contribution in [0.5, 0.6) is 0 Å². The highest BCUT2D eigenvalue weighted by atomic mass is 16.3. The third-order valence-electron chi connectivity index (χ3n) is 3.01. The van der Waals surface area contributed by atoms with E-state index in [1.54, 1.807) is 24.3 Å². The van der Waals surface area contributed by atoms with E-state index in [1.165, 1.54) is 0 Å². The fourth-order valence-corrected chi connectivity index (χ4v) is 1.97. The van der Waals surface area contributed by atoms with Crippen molar-refractivity contribution < 1.29 is 9.90 Å². The van der Waals surface area contributed by atoms with Crippen LogP contribution in [0.1, 0.15) is 17.2 Å². The van der Waals surface area contributed by atoms with Gasteiger partial charge in [0.25, 0.3) is 5.91 Å². The molecular formula is C16H18N2O2. The molecule has 1 atom stereocenters. The van der Waals surface area contributed by atoms with Crippen molar-refractivity contribution in [2.45, 2.75) is 12.6 Å². The van der Waals surface area contributed by atoms with Crippen LogP contribution >= 0.6 is 0 Å². The van der Waals surface area contributed by atoms with Crippen LogP contribution in [0.2, 0.25) is 0 Å². The van der Waals surface area contributed by atoms with E-state index >= 15 is 0 Å². The van der Waals surface area contributed by atoms with Crippen molar-refractivity contribution in [1.82, 2.24) is 5.32 Å². The largest absolute Gasteiger partial charge is 0.378 e. The van der Waals surface area contributed by atoms with Gasteiger partial charge in [-0.3, -0.25) is 4.79 Å². The molecule has 2 rings (SSSR count). The predicted molar refractivity (Wildman–Crippen MR) is 79.2 cm³/mol. The minimum absolute atomic E-state index is 0.431. The van der Waals surface area contributed by atoms with Gasteiger partial charge in [-0.25, -0.2) is 0 Å². The van der Waals surface area contributed by atoms with Crippen molar-refractivity contribution in [2.24, 2.45) is 0 Å². The van der Waals surface area contributed by atoms with E-state index in [-0.39, 0.29) is 0 Å². The second-order valence-electron chi connectivity index (χ2n) is 4.49. The van der Waals surface area contributed by atoms with Crippen LogP contribution in [0.25, 0.3) is 0 Å². The Kier molecular flexibility index (Phi) is 4.87. The molecule has 0 saturated carbocycles. The van der Waals surface area contributed by atoms with Gasteiger partial charge in [0, 0.05) is 12.2 Å². The average Bonchev–Trinajstić information content (AvgIpc) is 2.49. The molecular weight excluding hydrogens is 252 g/mol. The lowest BCUT2D eigenvalue weighted by Crippen LogP contribution is -2.22. The van der Waals surface area contributed by atoms with Gasteiger partial charge in [-0.15, -0.1) is 0 Å². The Morgan fingerprint density at radius 2 is 1.75 bits per heavy atom. The maximum Gasteiger partial charge on any atom is 0.257 e.